The minimum absolute atomic E-state index is 0.0175. The lowest BCUT2D eigenvalue weighted by molar-refractivity contribution is 0.398. The van der Waals surface area contributed by atoms with Gasteiger partial charge in [0.1, 0.15) is 17.0 Å². The zero-order valence-corrected chi connectivity index (χ0v) is 19.6. The lowest BCUT2D eigenvalue weighted by atomic mass is 9.88. The second-order valence-corrected chi connectivity index (χ2v) is 10.7. The number of hydrogen-bond donors (Lipinski definition) is 4. The van der Waals surface area contributed by atoms with Crippen LogP contribution >= 0.6 is 11.5 Å². The maximum absolute atomic E-state index is 14.7. The summed E-state index contributed by atoms with van der Waals surface area (Å²) < 4.78 is 45.6. The van der Waals surface area contributed by atoms with Gasteiger partial charge < -0.3 is 16.8 Å². The highest BCUT2D eigenvalue weighted by Crippen LogP contribution is 2.36. The molecule has 4 rings (SSSR count). The van der Waals surface area contributed by atoms with E-state index in [1.165, 1.54) is 24.0 Å². The van der Waals surface area contributed by atoms with Gasteiger partial charge in [0.25, 0.3) is 10.0 Å². The van der Waals surface area contributed by atoms with Crippen LogP contribution in [0, 0.1) is 17.7 Å². The Balaban J connectivity index is 1.47. The Morgan fingerprint density at radius 1 is 1.18 bits per heavy atom. The molecule has 1 aliphatic rings. The number of aromatic nitrogens is 2. The smallest absolute Gasteiger partial charge is 0.266 e. The van der Waals surface area contributed by atoms with Gasteiger partial charge in [0.2, 0.25) is 5.13 Å². The van der Waals surface area contributed by atoms with Crippen molar-refractivity contribution in [3.8, 4) is 0 Å². The summed E-state index contributed by atoms with van der Waals surface area (Å²) in [6.45, 7) is 0.992. The molecule has 0 spiro atoms. The van der Waals surface area contributed by atoms with Gasteiger partial charge in [-0.15, -0.1) is 0 Å². The number of sulfonamides is 1. The van der Waals surface area contributed by atoms with Crippen LogP contribution < -0.4 is 21.5 Å². The van der Waals surface area contributed by atoms with E-state index in [4.69, 9.17) is 11.5 Å². The number of anilines is 2. The van der Waals surface area contributed by atoms with Crippen LogP contribution in [0.2, 0.25) is 0 Å². The van der Waals surface area contributed by atoms with E-state index in [0.29, 0.717) is 24.7 Å². The predicted molar refractivity (Wildman–Crippen MR) is 128 cm³/mol. The topological polar surface area (TPSA) is 136 Å². The van der Waals surface area contributed by atoms with Gasteiger partial charge in [0, 0.05) is 36.4 Å². The van der Waals surface area contributed by atoms with Crippen LogP contribution in [0.4, 0.5) is 15.2 Å². The fourth-order valence-corrected chi connectivity index (χ4v) is 5.64. The maximum atomic E-state index is 14.7. The minimum Gasteiger partial charge on any atom is -0.385 e. The zero-order chi connectivity index (χ0) is 23.4. The summed E-state index contributed by atoms with van der Waals surface area (Å²) in [5.74, 6) is -0.234. The third-order valence-corrected chi connectivity index (χ3v) is 7.99. The van der Waals surface area contributed by atoms with Crippen molar-refractivity contribution in [1.82, 2.24) is 9.36 Å². The highest BCUT2D eigenvalue weighted by molar-refractivity contribution is 7.93. The van der Waals surface area contributed by atoms with E-state index in [1.54, 1.807) is 6.07 Å². The predicted octanol–water partition coefficient (Wildman–Crippen LogP) is 2.94. The van der Waals surface area contributed by atoms with E-state index in [0.717, 1.165) is 36.4 Å². The number of halogens is 1. The van der Waals surface area contributed by atoms with Crippen molar-refractivity contribution < 1.29 is 12.8 Å². The van der Waals surface area contributed by atoms with Crippen molar-refractivity contribution in [3.63, 3.8) is 0 Å². The molecule has 33 heavy (non-hydrogen) atoms. The lowest BCUT2D eigenvalue weighted by Crippen LogP contribution is -2.38. The molecule has 1 heterocycles. The largest absolute Gasteiger partial charge is 0.385 e. The molecule has 1 aliphatic carbocycles. The van der Waals surface area contributed by atoms with Crippen LogP contribution in [0.25, 0.3) is 0 Å². The molecule has 3 aromatic rings. The van der Waals surface area contributed by atoms with E-state index in [2.05, 4.69) is 25.5 Å². The SMILES string of the molecule is NCc1ccccc1C[C@@H](CNc1ccc(S(=O)(=O)Nc2ncns2)c(F)c1)[C@H](N)C1CC1. The molecule has 8 nitrogen and oxygen atoms in total. The average molecular weight is 491 g/mol. The van der Waals surface area contributed by atoms with Crippen molar-refractivity contribution in [2.24, 2.45) is 23.3 Å². The molecule has 0 aliphatic heterocycles. The Hall–Kier alpha value is -2.60. The van der Waals surface area contributed by atoms with E-state index in [1.807, 2.05) is 18.2 Å². The van der Waals surface area contributed by atoms with Gasteiger partial charge in [-0.25, -0.2) is 17.8 Å². The van der Waals surface area contributed by atoms with Gasteiger partial charge in [-0.1, -0.05) is 24.3 Å². The molecule has 1 fully saturated rings. The summed E-state index contributed by atoms with van der Waals surface area (Å²) in [6.07, 6.45) is 4.23. The van der Waals surface area contributed by atoms with Gasteiger partial charge in [-0.2, -0.15) is 4.37 Å². The fourth-order valence-electron chi connectivity index (χ4n) is 3.91. The van der Waals surface area contributed by atoms with Crippen LogP contribution in [-0.4, -0.2) is 30.4 Å². The van der Waals surface area contributed by atoms with Crippen LogP contribution in [0.3, 0.4) is 0 Å². The third kappa shape index (κ3) is 5.85. The molecule has 0 unspecified atom stereocenters. The normalized spacial score (nSPS) is 15.7. The first-order valence-electron chi connectivity index (χ1n) is 10.7. The number of benzene rings is 2. The molecule has 6 N–H and O–H groups in total. The minimum atomic E-state index is -4.10. The zero-order valence-electron chi connectivity index (χ0n) is 17.9. The molecular weight excluding hydrogens is 463 g/mol. The summed E-state index contributed by atoms with van der Waals surface area (Å²) in [6, 6.07) is 12.0. The summed E-state index contributed by atoms with van der Waals surface area (Å²) >= 11 is 0.872. The summed E-state index contributed by atoms with van der Waals surface area (Å²) in [5, 5.41) is 3.32. The second-order valence-electron chi connectivity index (χ2n) is 8.23. The van der Waals surface area contributed by atoms with Crippen LogP contribution in [-0.2, 0) is 23.0 Å². The molecule has 0 saturated heterocycles. The summed E-state index contributed by atoms with van der Waals surface area (Å²) in [4.78, 5) is 3.32. The fraction of sp³-hybridized carbons (Fsp3) is 0.364. The Kier molecular flexibility index (Phi) is 7.23. The van der Waals surface area contributed by atoms with Gasteiger partial charge in [-0.3, -0.25) is 4.72 Å². The van der Waals surface area contributed by atoms with Crippen molar-refractivity contribution in [2.75, 3.05) is 16.6 Å². The Morgan fingerprint density at radius 2 is 1.94 bits per heavy atom. The third-order valence-electron chi connectivity index (χ3n) is 5.90. The molecule has 0 amide bonds. The first-order chi connectivity index (χ1) is 15.9. The van der Waals surface area contributed by atoms with Crippen molar-refractivity contribution in [2.45, 2.75) is 36.7 Å². The number of nitrogens with zero attached hydrogens (tertiary/aromatic N) is 2. The van der Waals surface area contributed by atoms with E-state index >= 15 is 0 Å². The Morgan fingerprint density at radius 3 is 2.58 bits per heavy atom. The standard InChI is InChI=1S/C22H27FN6O2S2/c23-19-10-18(7-8-20(19)33(30,31)29-22-27-13-28-32-22)26-12-17(21(25)14-5-6-14)9-15-3-1-2-4-16(15)11-24/h1-4,7-8,10,13-14,17,21,26H,5-6,9,11-12,24-25H2,(H,27,28,29)/t17-,21+/m0/s1. The van der Waals surface area contributed by atoms with Gasteiger partial charge in [0.05, 0.1) is 0 Å². The molecule has 0 bridgehead atoms. The van der Waals surface area contributed by atoms with Crippen LogP contribution in [0.15, 0.2) is 53.7 Å². The molecule has 0 radical (unpaired) electrons. The van der Waals surface area contributed by atoms with E-state index < -0.39 is 20.7 Å². The Labute approximate surface area is 196 Å². The molecule has 176 valence electrons. The number of nitrogens with one attached hydrogen (secondary N) is 2. The maximum Gasteiger partial charge on any atom is 0.266 e. The number of hydrogen-bond acceptors (Lipinski definition) is 8. The molecule has 11 heteroatoms. The first kappa shape index (κ1) is 23.6. The molecule has 1 saturated carbocycles. The second kappa shape index (κ2) is 10.1. The Bertz CT molecular complexity index is 1190. The van der Waals surface area contributed by atoms with Gasteiger partial charge in [0.15, 0.2) is 0 Å². The average Bonchev–Trinajstić information content (AvgIpc) is 3.53. The van der Waals surface area contributed by atoms with Gasteiger partial charge >= 0.3 is 0 Å². The van der Waals surface area contributed by atoms with E-state index in [9.17, 15) is 12.8 Å². The van der Waals surface area contributed by atoms with Crippen LogP contribution in [0.5, 0.6) is 0 Å². The first-order valence-corrected chi connectivity index (χ1v) is 13.0. The van der Waals surface area contributed by atoms with Crippen molar-refractivity contribution >= 4 is 32.4 Å². The monoisotopic (exact) mass is 490 g/mol. The highest BCUT2D eigenvalue weighted by atomic mass is 32.2. The molecule has 1 aromatic heterocycles. The van der Waals surface area contributed by atoms with E-state index in [-0.39, 0.29) is 17.1 Å². The molecular formula is C22H27FN6O2S2. The summed E-state index contributed by atoms with van der Waals surface area (Å²) in [5.41, 5.74) is 15.2. The summed E-state index contributed by atoms with van der Waals surface area (Å²) in [7, 11) is -4.10. The molecule has 2 aromatic carbocycles. The van der Waals surface area contributed by atoms with Crippen molar-refractivity contribution in [3.05, 3.63) is 65.7 Å². The van der Waals surface area contributed by atoms with Crippen molar-refractivity contribution in [1.29, 1.82) is 0 Å². The highest BCUT2D eigenvalue weighted by Gasteiger charge is 2.34. The van der Waals surface area contributed by atoms with Gasteiger partial charge in [-0.05, 0) is 60.4 Å². The molecule has 2 atom stereocenters. The quantitative estimate of drug-likeness (QED) is 0.324. The lowest BCUT2D eigenvalue weighted by Gasteiger charge is -2.26. The number of nitrogens with two attached hydrogens (primary N) is 2. The number of rotatable bonds is 11. The van der Waals surface area contributed by atoms with Crippen LogP contribution in [0.1, 0.15) is 24.0 Å².